The molecule has 0 atom stereocenters. The molecule has 4 aromatic heterocycles. The van der Waals surface area contributed by atoms with E-state index in [2.05, 4.69) is 19.9 Å². The van der Waals surface area contributed by atoms with E-state index in [-0.39, 0.29) is 0 Å². The number of hydrogen-bond donors (Lipinski definition) is 1. The molecule has 0 aliphatic rings. The van der Waals surface area contributed by atoms with Crippen LogP contribution in [-0.2, 0) is 0 Å². The van der Waals surface area contributed by atoms with Gasteiger partial charge >= 0.3 is 0 Å². The molecule has 96 valence electrons. The summed E-state index contributed by atoms with van der Waals surface area (Å²) in [7, 11) is 0. The molecular weight excluding hydrogens is 255 g/mol. The Labute approximate surface area is 113 Å². The average molecular weight is 264 g/mol. The Kier molecular flexibility index (Phi) is 2.26. The highest BCUT2D eigenvalue weighted by molar-refractivity contribution is 6.07. The van der Waals surface area contributed by atoms with Crippen molar-refractivity contribution in [3.8, 4) is 11.3 Å². The molecule has 4 rings (SSSR count). The van der Waals surface area contributed by atoms with Crippen molar-refractivity contribution in [3.63, 3.8) is 0 Å². The first kappa shape index (κ1) is 11.0. The molecule has 4 heterocycles. The molecule has 0 aliphatic heterocycles. The zero-order chi connectivity index (χ0) is 13.5. The Bertz CT molecular complexity index is 929. The zero-order valence-corrected chi connectivity index (χ0v) is 10.3. The Morgan fingerprint density at radius 3 is 2.75 bits per heavy atom. The number of H-pyrrole nitrogens is 1. The maximum absolute atomic E-state index is 13.2. The summed E-state index contributed by atoms with van der Waals surface area (Å²) in [5.41, 5.74) is 3.33. The number of halogens is 1. The van der Waals surface area contributed by atoms with E-state index >= 15 is 0 Å². The van der Waals surface area contributed by atoms with Crippen molar-refractivity contribution in [1.29, 1.82) is 0 Å². The first-order chi connectivity index (χ1) is 9.81. The molecule has 0 amide bonds. The fourth-order valence-electron chi connectivity index (χ4n) is 2.37. The second kappa shape index (κ2) is 4.09. The van der Waals surface area contributed by atoms with Gasteiger partial charge in [-0.05, 0) is 18.2 Å². The number of aromatic amines is 1. The quantitative estimate of drug-likeness (QED) is 0.536. The fraction of sp³-hybridized carbons (Fsp3) is 0. The van der Waals surface area contributed by atoms with Crippen molar-refractivity contribution in [2.45, 2.75) is 0 Å². The van der Waals surface area contributed by atoms with Gasteiger partial charge < -0.3 is 4.98 Å². The van der Waals surface area contributed by atoms with Crippen LogP contribution in [0.3, 0.4) is 0 Å². The van der Waals surface area contributed by atoms with E-state index in [4.69, 9.17) is 0 Å². The maximum Gasteiger partial charge on any atom is 0.213 e. The van der Waals surface area contributed by atoms with Crippen LogP contribution >= 0.6 is 0 Å². The van der Waals surface area contributed by atoms with Crippen LogP contribution in [0, 0.1) is 5.95 Å². The number of pyridine rings is 3. The topological polar surface area (TPSA) is 54.5 Å². The number of aromatic nitrogens is 4. The minimum absolute atomic E-state index is 0.509. The molecule has 0 spiro atoms. The third kappa shape index (κ3) is 1.64. The van der Waals surface area contributed by atoms with Crippen LogP contribution in [0.4, 0.5) is 4.39 Å². The Morgan fingerprint density at radius 1 is 0.900 bits per heavy atom. The molecule has 1 N–H and O–H groups in total. The molecule has 4 aromatic rings. The molecule has 0 unspecified atom stereocenters. The van der Waals surface area contributed by atoms with Crippen LogP contribution in [0.25, 0.3) is 33.1 Å². The second-order valence-corrected chi connectivity index (χ2v) is 4.53. The molecule has 0 radical (unpaired) electrons. The van der Waals surface area contributed by atoms with Crippen molar-refractivity contribution in [2.24, 2.45) is 0 Å². The van der Waals surface area contributed by atoms with E-state index in [0.29, 0.717) is 11.3 Å². The fourth-order valence-corrected chi connectivity index (χ4v) is 2.37. The van der Waals surface area contributed by atoms with E-state index in [1.165, 1.54) is 12.3 Å². The third-order valence-corrected chi connectivity index (χ3v) is 3.31. The molecule has 0 bridgehead atoms. The van der Waals surface area contributed by atoms with Crippen LogP contribution in [0.1, 0.15) is 0 Å². The van der Waals surface area contributed by atoms with Gasteiger partial charge in [0, 0.05) is 41.0 Å². The SMILES string of the molecule is Fc1cc(-c2cc3[nH]c4cnccc4c3cn2)ccn1. The van der Waals surface area contributed by atoms with Crippen molar-refractivity contribution in [1.82, 2.24) is 19.9 Å². The number of nitrogens with one attached hydrogen (secondary N) is 1. The second-order valence-electron chi connectivity index (χ2n) is 4.53. The summed E-state index contributed by atoms with van der Waals surface area (Å²) in [4.78, 5) is 15.3. The van der Waals surface area contributed by atoms with Crippen LogP contribution < -0.4 is 0 Å². The molecule has 0 aliphatic carbocycles. The van der Waals surface area contributed by atoms with E-state index < -0.39 is 5.95 Å². The van der Waals surface area contributed by atoms with Gasteiger partial charge in [-0.25, -0.2) is 4.98 Å². The lowest BCUT2D eigenvalue weighted by molar-refractivity contribution is 0.584. The van der Waals surface area contributed by atoms with Gasteiger partial charge in [-0.3, -0.25) is 9.97 Å². The lowest BCUT2D eigenvalue weighted by Crippen LogP contribution is -1.86. The van der Waals surface area contributed by atoms with Crippen molar-refractivity contribution >= 4 is 21.8 Å². The van der Waals surface area contributed by atoms with Crippen LogP contribution in [0.2, 0.25) is 0 Å². The van der Waals surface area contributed by atoms with Gasteiger partial charge in [-0.2, -0.15) is 4.39 Å². The summed E-state index contributed by atoms with van der Waals surface area (Å²) < 4.78 is 13.2. The predicted molar refractivity (Wildman–Crippen MR) is 74.6 cm³/mol. The summed E-state index contributed by atoms with van der Waals surface area (Å²) >= 11 is 0. The minimum Gasteiger partial charge on any atom is -0.353 e. The highest BCUT2D eigenvalue weighted by Crippen LogP contribution is 2.27. The summed E-state index contributed by atoms with van der Waals surface area (Å²) in [6.07, 6.45) is 6.76. The molecule has 0 fully saturated rings. The molecule has 0 saturated heterocycles. The van der Waals surface area contributed by atoms with Crippen molar-refractivity contribution < 1.29 is 4.39 Å². The number of rotatable bonds is 1. The highest BCUT2D eigenvalue weighted by Gasteiger charge is 2.07. The maximum atomic E-state index is 13.2. The smallest absolute Gasteiger partial charge is 0.213 e. The first-order valence-corrected chi connectivity index (χ1v) is 6.15. The number of hydrogen-bond acceptors (Lipinski definition) is 3. The molecule has 0 saturated carbocycles. The summed E-state index contributed by atoms with van der Waals surface area (Å²) in [5.74, 6) is -0.509. The van der Waals surface area contributed by atoms with Gasteiger partial charge in [0.1, 0.15) is 0 Å². The lowest BCUT2D eigenvalue weighted by atomic mass is 10.1. The monoisotopic (exact) mass is 264 g/mol. The van der Waals surface area contributed by atoms with Gasteiger partial charge in [-0.1, -0.05) is 0 Å². The van der Waals surface area contributed by atoms with Gasteiger partial charge in [-0.15, -0.1) is 0 Å². The summed E-state index contributed by atoms with van der Waals surface area (Å²) in [6.45, 7) is 0. The Hall–Kier alpha value is -2.82. The summed E-state index contributed by atoms with van der Waals surface area (Å²) in [5, 5.41) is 2.11. The van der Waals surface area contributed by atoms with Crippen LogP contribution in [0.15, 0.2) is 49.1 Å². The van der Waals surface area contributed by atoms with Crippen molar-refractivity contribution in [3.05, 3.63) is 55.0 Å². The normalized spacial score (nSPS) is 11.2. The standard InChI is InChI=1S/C15H9FN4/c16-15-5-9(1-4-18-15)12-6-13-11(7-19-12)10-2-3-17-8-14(10)20-13/h1-8,20H. The lowest BCUT2D eigenvalue weighted by Gasteiger charge is -2.00. The predicted octanol–water partition coefficient (Wildman–Crippen LogP) is 3.31. The van der Waals surface area contributed by atoms with Crippen LogP contribution in [0.5, 0.6) is 0 Å². The minimum atomic E-state index is -0.509. The van der Waals surface area contributed by atoms with Gasteiger partial charge in [0.2, 0.25) is 5.95 Å². The highest BCUT2D eigenvalue weighted by atomic mass is 19.1. The van der Waals surface area contributed by atoms with Crippen molar-refractivity contribution in [2.75, 3.05) is 0 Å². The van der Waals surface area contributed by atoms with E-state index in [0.717, 1.165) is 21.8 Å². The van der Waals surface area contributed by atoms with Crippen LogP contribution in [-0.4, -0.2) is 19.9 Å². The Morgan fingerprint density at radius 2 is 1.85 bits per heavy atom. The zero-order valence-electron chi connectivity index (χ0n) is 10.3. The largest absolute Gasteiger partial charge is 0.353 e. The van der Waals surface area contributed by atoms with E-state index in [9.17, 15) is 4.39 Å². The van der Waals surface area contributed by atoms with Gasteiger partial charge in [0.15, 0.2) is 0 Å². The molecular formula is C15H9FN4. The number of nitrogens with zero attached hydrogens (tertiary/aromatic N) is 3. The number of fused-ring (bicyclic) bond motifs is 3. The molecule has 4 nitrogen and oxygen atoms in total. The molecule has 5 heteroatoms. The molecule has 20 heavy (non-hydrogen) atoms. The van der Waals surface area contributed by atoms with E-state index in [1.807, 2.05) is 12.1 Å². The first-order valence-electron chi connectivity index (χ1n) is 6.15. The van der Waals surface area contributed by atoms with Gasteiger partial charge in [0.25, 0.3) is 0 Å². The van der Waals surface area contributed by atoms with Gasteiger partial charge in [0.05, 0.1) is 22.9 Å². The Balaban J connectivity index is 1.97. The molecule has 0 aromatic carbocycles. The summed E-state index contributed by atoms with van der Waals surface area (Å²) in [6, 6.07) is 6.96. The van der Waals surface area contributed by atoms with E-state index in [1.54, 1.807) is 24.7 Å². The average Bonchev–Trinajstić information content (AvgIpc) is 2.85. The third-order valence-electron chi connectivity index (χ3n) is 3.31.